The summed E-state index contributed by atoms with van der Waals surface area (Å²) in [6.07, 6.45) is 4.64. The molecule has 1 atom stereocenters. The van der Waals surface area contributed by atoms with Gasteiger partial charge in [0.15, 0.2) is 5.65 Å². The van der Waals surface area contributed by atoms with Gasteiger partial charge in [-0.2, -0.15) is 0 Å². The number of nitrogens with zero attached hydrogens (tertiary/aromatic N) is 4. The van der Waals surface area contributed by atoms with Crippen molar-refractivity contribution in [2.75, 3.05) is 26.2 Å². The van der Waals surface area contributed by atoms with Crippen LogP contribution in [0.1, 0.15) is 25.6 Å². The van der Waals surface area contributed by atoms with Crippen molar-refractivity contribution in [3.8, 4) is 0 Å². The van der Waals surface area contributed by atoms with E-state index in [0.29, 0.717) is 12.6 Å². The smallest absolute Gasteiger partial charge is 0.409 e. The van der Waals surface area contributed by atoms with Crippen LogP contribution in [0.4, 0.5) is 4.79 Å². The Morgan fingerprint density at radius 3 is 3.22 bits per heavy atom. The Balaban J connectivity index is 1.40. The van der Waals surface area contributed by atoms with Crippen LogP contribution < -0.4 is 5.32 Å². The van der Waals surface area contributed by atoms with Gasteiger partial charge in [-0.05, 0) is 38.4 Å². The van der Waals surface area contributed by atoms with E-state index in [2.05, 4.69) is 15.5 Å². The molecule has 1 aliphatic rings. The fourth-order valence-electron chi connectivity index (χ4n) is 2.92. The molecule has 2 aromatic rings. The van der Waals surface area contributed by atoms with Crippen LogP contribution in [0.2, 0.25) is 0 Å². The fraction of sp³-hybridized carbons (Fsp3) is 0.562. The second-order valence-corrected chi connectivity index (χ2v) is 5.73. The monoisotopic (exact) mass is 317 g/mol. The highest BCUT2D eigenvalue weighted by atomic mass is 16.6. The Labute approximate surface area is 135 Å². The normalized spacial score (nSPS) is 17.8. The lowest BCUT2D eigenvalue weighted by molar-refractivity contribution is 0.115. The first-order chi connectivity index (χ1) is 11.3. The van der Waals surface area contributed by atoms with Gasteiger partial charge in [0.2, 0.25) is 0 Å². The van der Waals surface area contributed by atoms with E-state index in [1.54, 1.807) is 4.90 Å². The van der Waals surface area contributed by atoms with Gasteiger partial charge in [0.1, 0.15) is 5.82 Å². The Morgan fingerprint density at radius 2 is 2.35 bits per heavy atom. The number of carbonyl (C=O) groups is 1. The number of carbonyl (C=O) groups excluding carboxylic acids is 1. The van der Waals surface area contributed by atoms with Crippen molar-refractivity contribution in [3.63, 3.8) is 0 Å². The van der Waals surface area contributed by atoms with Crippen molar-refractivity contribution in [1.29, 1.82) is 0 Å². The molecule has 1 amide bonds. The lowest BCUT2D eigenvalue weighted by Gasteiger charge is -2.16. The van der Waals surface area contributed by atoms with Crippen molar-refractivity contribution in [3.05, 3.63) is 30.2 Å². The first kappa shape index (κ1) is 15.7. The van der Waals surface area contributed by atoms with E-state index in [1.807, 2.05) is 35.7 Å². The molecule has 23 heavy (non-hydrogen) atoms. The van der Waals surface area contributed by atoms with E-state index in [9.17, 15) is 4.79 Å². The number of amides is 1. The van der Waals surface area contributed by atoms with E-state index in [4.69, 9.17) is 4.74 Å². The minimum atomic E-state index is -0.202. The molecule has 1 fully saturated rings. The molecule has 0 bridgehead atoms. The Kier molecular flexibility index (Phi) is 5.07. The summed E-state index contributed by atoms with van der Waals surface area (Å²) in [4.78, 5) is 13.4. The standard InChI is InChI=1S/C16H23N5O2/c1-2-23-16(22)20-11-8-13(12-20)17-9-5-7-15-19-18-14-6-3-4-10-21(14)15/h3-4,6,10,13,17H,2,5,7-9,11-12H2,1H3/t13-/m0/s1. The third kappa shape index (κ3) is 3.79. The third-order valence-corrected chi connectivity index (χ3v) is 4.11. The zero-order chi connectivity index (χ0) is 16.1. The maximum Gasteiger partial charge on any atom is 0.409 e. The van der Waals surface area contributed by atoms with Crippen LogP contribution in [0.5, 0.6) is 0 Å². The summed E-state index contributed by atoms with van der Waals surface area (Å²) in [5.41, 5.74) is 0.885. The van der Waals surface area contributed by atoms with Crippen LogP contribution >= 0.6 is 0 Å². The minimum absolute atomic E-state index is 0.202. The van der Waals surface area contributed by atoms with Gasteiger partial charge in [0.25, 0.3) is 0 Å². The van der Waals surface area contributed by atoms with Crippen LogP contribution in [0.15, 0.2) is 24.4 Å². The van der Waals surface area contributed by atoms with Gasteiger partial charge in [-0.15, -0.1) is 10.2 Å². The summed E-state index contributed by atoms with van der Waals surface area (Å²) in [7, 11) is 0. The second-order valence-electron chi connectivity index (χ2n) is 5.73. The summed E-state index contributed by atoms with van der Waals surface area (Å²) in [5, 5.41) is 11.9. The quantitative estimate of drug-likeness (QED) is 0.817. The van der Waals surface area contributed by atoms with E-state index >= 15 is 0 Å². The molecule has 1 saturated heterocycles. The molecule has 1 aliphatic heterocycles. The van der Waals surface area contributed by atoms with Crippen LogP contribution in [-0.4, -0.2) is 57.9 Å². The summed E-state index contributed by atoms with van der Waals surface area (Å²) >= 11 is 0. The summed E-state index contributed by atoms with van der Waals surface area (Å²) < 4.78 is 7.06. The van der Waals surface area contributed by atoms with Crippen LogP contribution in [0, 0.1) is 0 Å². The molecular formula is C16H23N5O2. The number of pyridine rings is 1. The number of fused-ring (bicyclic) bond motifs is 1. The number of aromatic nitrogens is 3. The van der Waals surface area contributed by atoms with Crippen LogP contribution in [0.25, 0.3) is 5.65 Å². The molecule has 0 aliphatic carbocycles. The predicted molar refractivity (Wildman–Crippen MR) is 86.3 cm³/mol. The zero-order valence-corrected chi connectivity index (χ0v) is 13.4. The molecule has 0 radical (unpaired) electrons. The lowest BCUT2D eigenvalue weighted by Crippen LogP contribution is -2.36. The average molecular weight is 317 g/mol. The molecule has 124 valence electrons. The van der Waals surface area contributed by atoms with Crippen molar-refractivity contribution in [1.82, 2.24) is 24.8 Å². The fourth-order valence-corrected chi connectivity index (χ4v) is 2.92. The number of aryl methyl sites for hydroxylation is 1. The molecule has 0 unspecified atom stereocenters. The van der Waals surface area contributed by atoms with Crippen LogP contribution in [-0.2, 0) is 11.2 Å². The highest BCUT2D eigenvalue weighted by Gasteiger charge is 2.26. The first-order valence-corrected chi connectivity index (χ1v) is 8.21. The van der Waals surface area contributed by atoms with Gasteiger partial charge in [-0.1, -0.05) is 6.07 Å². The van der Waals surface area contributed by atoms with E-state index in [0.717, 1.165) is 50.4 Å². The molecule has 7 nitrogen and oxygen atoms in total. The molecule has 0 saturated carbocycles. The summed E-state index contributed by atoms with van der Waals surface area (Å²) in [6.45, 7) is 4.67. The number of hydrogen-bond acceptors (Lipinski definition) is 5. The van der Waals surface area contributed by atoms with Crippen molar-refractivity contribution < 1.29 is 9.53 Å². The van der Waals surface area contributed by atoms with Gasteiger partial charge >= 0.3 is 6.09 Å². The second kappa shape index (κ2) is 7.41. The van der Waals surface area contributed by atoms with Crippen LogP contribution in [0.3, 0.4) is 0 Å². The molecule has 7 heteroatoms. The minimum Gasteiger partial charge on any atom is -0.450 e. The highest BCUT2D eigenvalue weighted by molar-refractivity contribution is 5.68. The van der Waals surface area contributed by atoms with E-state index in [1.165, 1.54) is 0 Å². The maximum atomic E-state index is 11.7. The number of hydrogen-bond donors (Lipinski definition) is 1. The average Bonchev–Trinajstić information content (AvgIpc) is 3.19. The van der Waals surface area contributed by atoms with Crippen molar-refractivity contribution in [2.45, 2.75) is 32.2 Å². The predicted octanol–water partition coefficient (Wildman–Crippen LogP) is 1.48. The third-order valence-electron chi connectivity index (χ3n) is 4.11. The molecule has 2 aromatic heterocycles. The summed E-state index contributed by atoms with van der Waals surface area (Å²) in [6, 6.07) is 6.26. The van der Waals surface area contributed by atoms with Crippen molar-refractivity contribution >= 4 is 11.7 Å². The summed E-state index contributed by atoms with van der Waals surface area (Å²) in [5.74, 6) is 0.988. The Bertz CT molecular complexity index is 657. The van der Waals surface area contributed by atoms with Gasteiger partial charge in [-0.3, -0.25) is 4.40 Å². The zero-order valence-electron chi connectivity index (χ0n) is 13.4. The van der Waals surface area contributed by atoms with Gasteiger partial charge in [-0.25, -0.2) is 4.79 Å². The van der Waals surface area contributed by atoms with Gasteiger partial charge in [0.05, 0.1) is 6.61 Å². The first-order valence-electron chi connectivity index (χ1n) is 8.21. The Hall–Kier alpha value is -2.15. The maximum absolute atomic E-state index is 11.7. The van der Waals surface area contributed by atoms with E-state index in [-0.39, 0.29) is 6.09 Å². The van der Waals surface area contributed by atoms with Crippen molar-refractivity contribution in [2.24, 2.45) is 0 Å². The molecule has 1 N–H and O–H groups in total. The lowest BCUT2D eigenvalue weighted by atomic mass is 10.2. The molecule has 3 rings (SSSR count). The van der Waals surface area contributed by atoms with Gasteiger partial charge < -0.3 is 15.0 Å². The highest BCUT2D eigenvalue weighted by Crippen LogP contribution is 2.11. The number of rotatable bonds is 6. The molecule has 0 aromatic carbocycles. The SMILES string of the molecule is CCOC(=O)N1CC[C@H](NCCCc2nnc3ccccn23)C1. The molecule has 3 heterocycles. The molecular weight excluding hydrogens is 294 g/mol. The van der Waals surface area contributed by atoms with E-state index < -0.39 is 0 Å². The number of nitrogens with one attached hydrogen (secondary N) is 1. The molecule has 0 spiro atoms. The topological polar surface area (TPSA) is 71.8 Å². The number of ether oxygens (including phenoxy) is 1. The Morgan fingerprint density at radius 1 is 1.43 bits per heavy atom. The van der Waals surface area contributed by atoms with Gasteiger partial charge in [0, 0.05) is 31.7 Å². The number of likely N-dealkylation sites (tertiary alicyclic amines) is 1. The largest absolute Gasteiger partial charge is 0.450 e.